The van der Waals surface area contributed by atoms with Crippen molar-refractivity contribution in [3.05, 3.63) is 24.3 Å². The summed E-state index contributed by atoms with van der Waals surface area (Å²) in [7, 11) is 0. The summed E-state index contributed by atoms with van der Waals surface area (Å²) in [5.74, 6) is 0.00245. The molecule has 1 saturated carbocycles. The molecule has 4 nitrogen and oxygen atoms in total. The summed E-state index contributed by atoms with van der Waals surface area (Å²) in [6.45, 7) is -0.693. The minimum absolute atomic E-state index is 0. The minimum Gasteiger partial charge on any atom is -0.485 e. The molecular formula is C14H19ClF2N2O2. The van der Waals surface area contributed by atoms with Crippen molar-refractivity contribution < 1.29 is 18.3 Å². The molecule has 2 rings (SSSR count). The summed E-state index contributed by atoms with van der Waals surface area (Å²) >= 11 is 0. The normalized spacial score (nSPS) is 21.0. The van der Waals surface area contributed by atoms with E-state index in [1.165, 1.54) is 0 Å². The molecule has 1 amide bonds. The molecule has 2 atom stereocenters. The van der Waals surface area contributed by atoms with Gasteiger partial charge in [-0.15, -0.1) is 12.4 Å². The Morgan fingerprint density at radius 3 is 2.71 bits per heavy atom. The van der Waals surface area contributed by atoms with Crippen molar-refractivity contribution in [1.29, 1.82) is 0 Å². The van der Waals surface area contributed by atoms with Crippen LogP contribution in [0, 0.1) is 5.92 Å². The van der Waals surface area contributed by atoms with E-state index in [9.17, 15) is 13.6 Å². The van der Waals surface area contributed by atoms with Gasteiger partial charge in [-0.3, -0.25) is 4.79 Å². The number of benzene rings is 1. The first-order valence-electron chi connectivity index (χ1n) is 6.62. The molecule has 1 aromatic carbocycles. The SMILES string of the molecule is Cl.NC1CCC(C(=O)Nc2ccccc2OCC(F)F)C1. The van der Waals surface area contributed by atoms with E-state index in [1.807, 2.05) is 0 Å². The van der Waals surface area contributed by atoms with Crippen LogP contribution in [-0.2, 0) is 4.79 Å². The standard InChI is InChI=1S/C14H18F2N2O2.ClH/c15-13(16)8-20-12-4-2-1-3-11(12)18-14(19)9-5-6-10(17)7-9;/h1-4,9-10,13H,5-8,17H2,(H,18,19);1H. The van der Waals surface area contributed by atoms with Gasteiger partial charge in [0.25, 0.3) is 6.43 Å². The minimum atomic E-state index is -2.55. The molecule has 3 N–H and O–H groups in total. The van der Waals surface area contributed by atoms with Crippen molar-refractivity contribution >= 4 is 24.0 Å². The third kappa shape index (κ3) is 5.13. The van der Waals surface area contributed by atoms with E-state index in [2.05, 4.69) is 5.32 Å². The third-order valence-corrected chi connectivity index (χ3v) is 3.35. The predicted molar refractivity (Wildman–Crippen MR) is 79.1 cm³/mol. The number of rotatable bonds is 5. The summed E-state index contributed by atoms with van der Waals surface area (Å²) in [6, 6.07) is 6.63. The van der Waals surface area contributed by atoms with Crippen LogP contribution in [0.2, 0.25) is 0 Å². The van der Waals surface area contributed by atoms with Gasteiger partial charge >= 0.3 is 0 Å². The number of hydrogen-bond acceptors (Lipinski definition) is 3. The zero-order valence-corrected chi connectivity index (χ0v) is 12.2. The molecule has 0 radical (unpaired) electrons. The predicted octanol–water partition coefficient (Wildman–Crippen LogP) is 2.82. The largest absolute Gasteiger partial charge is 0.485 e. The number of halogens is 3. The first-order chi connectivity index (χ1) is 9.56. The molecule has 1 fully saturated rings. The number of alkyl halides is 2. The average molecular weight is 321 g/mol. The first kappa shape index (κ1) is 17.7. The van der Waals surface area contributed by atoms with Crippen molar-refractivity contribution in [2.45, 2.75) is 31.7 Å². The van der Waals surface area contributed by atoms with E-state index >= 15 is 0 Å². The Labute approximate surface area is 128 Å². The van der Waals surface area contributed by atoms with Crippen LogP contribution >= 0.6 is 12.4 Å². The Balaban J connectivity index is 0.00000220. The maximum atomic E-state index is 12.2. The lowest BCUT2D eigenvalue weighted by Gasteiger charge is -2.14. The fourth-order valence-corrected chi connectivity index (χ4v) is 2.34. The van der Waals surface area contributed by atoms with E-state index in [1.54, 1.807) is 24.3 Å². The average Bonchev–Trinajstić information content (AvgIpc) is 2.84. The summed E-state index contributed by atoms with van der Waals surface area (Å²) in [6.07, 6.45) is -0.299. The van der Waals surface area contributed by atoms with Crippen LogP contribution in [0.4, 0.5) is 14.5 Å². The second-order valence-electron chi connectivity index (χ2n) is 4.96. The maximum Gasteiger partial charge on any atom is 0.272 e. The molecule has 0 heterocycles. The van der Waals surface area contributed by atoms with Crippen molar-refractivity contribution in [3.8, 4) is 5.75 Å². The maximum absolute atomic E-state index is 12.2. The number of nitrogens with two attached hydrogens (primary N) is 1. The Bertz CT molecular complexity index is 474. The van der Waals surface area contributed by atoms with Crippen molar-refractivity contribution in [2.75, 3.05) is 11.9 Å². The Kier molecular flexibility index (Phi) is 6.84. The molecule has 0 saturated heterocycles. The molecule has 1 aromatic rings. The van der Waals surface area contributed by atoms with Crippen LogP contribution in [0.5, 0.6) is 5.75 Å². The number of anilines is 1. The molecular weight excluding hydrogens is 302 g/mol. The topological polar surface area (TPSA) is 64.4 Å². The molecule has 0 spiro atoms. The zero-order chi connectivity index (χ0) is 14.5. The van der Waals surface area contributed by atoms with Crippen molar-refractivity contribution in [1.82, 2.24) is 0 Å². The number of ether oxygens (including phenoxy) is 1. The summed E-state index contributed by atoms with van der Waals surface area (Å²) in [5, 5.41) is 2.73. The molecule has 21 heavy (non-hydrogen) atoms. The van der Waals surface area contributed by atoms with Crippen LogP contribution in [0.15, 0.2) is 24.3 Å². The number of para-hydroxylation sites is 2. The van der Waals surface area contributed by atoms with Gasteiger partial charge in [-0.25, -0.2) is 8.78 Å². The lowest BCUT2D eigenvalue weighted by molar-refractivity contribution is -0.119. The lowest BCUT2D eigenvalue weighted by Crippen LogP contribution is -2.23. The highest BCUT2D eigenvalue weighted by Crippen LogP contribution is 2.28. The van der Waals surface area contributed by atoms with E-state index in [-0.39, 0.29) is 36.0 Å². The van der Waals surface area contributed by atoms with Crippen LogP contribution in [-0.4, -0.2) is 25.0 Å². The highest BCUT2D eigenvalue weighted by molar-refractivity contribution is 5.94. The summed E-state index contributed by atoms with van der Waals surface area (Å²) in [4.78, 5) is 12.1. The van der Waals surface area contributed by atoms with Crippen LogP contribution in [0.1, 0.15) is 19.3 Å². The number of hydrogen-bond donors (Lipinski definition) is 2. The molecule has 0 aliphatic heterocycles. The third-order valence-electron chi connectivity index (χ3n) is 3.35. The molecule has 118 valence electrons. The van der Waals surface area contributed by atoms with Gasteiger partial charge in [0.2, 0.25) is 5.91 Å². The van der Waals surface area contributed by atoms with E-state index in [4.69, 9.17) is 10.5 Å². The molecule has 2 unspecified atom stereocenters. The molecule has 1 aliphatic rings. The Hall–Kier alpha value is -1.40. The highest BCUT2D eigenvalue weighted by atomic mass is 35.5. The van der Waals surface area contributed by atoms with E-state index in [0.29, 0.717) is 12.1 Å². The molecule has 7 heteroatoms. The van der Waals surface area contributed by atoms with Gasteiger partial charge in [-0.05, 0) is 31.4 Å². The van der Waals surface area contributed by atoms with E-state index < -0.39 is 13.0 Å². The van der Waals surface area contributed by atoms with Gasteiger partial charge in [0.15, 0.2) is 0 Å². The number of nitrogens with one attached hydrogen (secondary N) is 1. The van der Waals surface area contributed by atoms with Gasteiger partial charge < -0.3 is 15.8 Å². The monoisotopic (exact) mass is 320 g/mol. The van der Waals surface area contributed by atoms with E-state index in [0.717, 1.165) is 12.8 Å². The lowest BCUT2D eigenvalue weighted by atomic mass is 10.1. The van der Waals surface area contributed by atoms with Gasteiger partial charge in [-0.1, -0.05) is 12.1 Å². The Morgan fingerprint density at radius 2 is 2.10 bits per heavy atom. The van der Waals surface area contributed by atoms with Gasteiger partial charge in [-0.2, -0.15) is 0 Å². The Morgan fingerprint density at radius 1 is 1.38 bits per heavy atom. The van der Waals surface area contributed by atoms with Gasteiger partial charge in [0.1, 0.15) is 12.4 Å². The second kappa shape index (κ2) is 8.14. The second-order valence-corrected chi connectivity index (χ2v) is 4.96. The number of carbonyl (C=O) groups excluding carboxylic acids is 1. The van der Waals surface area contributed by atoms with Crippen LogP contribution < -0.4 is 15.8 Å². The zero-order valence-electron chi connectivity index (χ0n) is 11.4. The fraction of sp³-hybridized carbons (Fsp3) is 0.500. The smallest absolute Gasteiger partial charge is 0.272 e. The quantitative estimate of drug-likeness (QED) is 0.877. The van der Waals surface area contributed by atoms with Gasteiger partial charge in [0.05, 0.1) is 5.69 Å². The summed E-state index contributed by atoms with van der Waals surface area (Å²) in [5.41, 5.74) is 6.19. The number of amides is 1. The fourth-order valence-electron chi connectivity index (χ4n) is 2.34. The van der Waals surface area contributed by atoms with Crippen molar-refractivity contribution in [3.63, 3.8) is 0 Å². The van der Waals surface area contributed by atoms with Gasteiger partial charge in [0, 0.05) is 12.0 Å². The molecule has 0 aromatic heterocycles. The summed E-state index contributed by atoms with van der Waals surface area (Å²) < 4.78 is 29.3. The van der Waals surface area contributed by atoms with Crippen LogP contribution in [0.3, 0.4) is 0 Å². The van der Waals surface area contributed by atoms with Crippen molar-refractivity contribution in [2.24, 2.45) is 11.7 Å². The number of carbonyl (C=O) groups is 1. The van der Waals surface area contributed by atoms with Crippen LogP contribution in [0.25, 0.3) is 0 Å². The molecule has 1 aliphatic carbocycles. The molecule has 0 bridgehead atoms. The highest BCUT2D eigenvalue weighted by Gasteiger charge is 2.28. The first-order valence-corrected chi connectivity index (χ1v) is 6.62.